The van der Waals surface area contributed by atoms with Gasteiger partial charge in [-0.15, -0.1) is 0 Å². The molecule has 0 aliphatic carbocycles. The molecule has 102 valence electrons. The Hall–Kier alpha value is -1.66. The largest absolute Gasteiger partial charge is 0.264 e. The van der Waals surface area contributed by atoms with Gasteiger partial charge in [0.25, 0.3) is 0 Å². The Morgan fingerprint density at radius 1 is 1.21 bits per heavy atom. The van der Waals surface area contributed by atoms with E-state index in [1.807, 2.05) is 31.2 Å². The first-order chi connectivity index (χ1) is 8.80. The second-order valence-corrected chi connectivity index (χ2v) is 6.13. The van der Waals surface area contributed by atoms with Crippen molar-refractivity contribution in [3.8, 4) is 0 Å². The monoisotopic (exact) mass is 279 g/mol. The van der Waals surface area contributed by atoms with Gasteiger partial charge in [0.05, 0.1) is 17.9 Å². The van der Waals surface area contributed by atoms with Crippen LogP contribution in [-0.4, -0.2) is 18.2 Å². The number of primary sulfonamides is 1. The normalized spacial score (nSPS) is 11.8. The quantitative estimate of drug-likeness (QED) is 0.925. The summed E-state index contributed by atoms with van der Waals surface area (Å²) >= 11 is 0. The first-order valence-electron chi connectivity index (χ1n) is 5.92. The minimum atomic E-state index is -3.73. The van der Waals surface area contributed by atoms with Crippen molar-refractivity contribution < 1.29 is 8.42 Å². The summed E-state index contributed by atoms with van der Waals surface area (Å²) in [6, 6.07) is 7.94. The van der Waals surface area contributed by atoms with E-state index in [1.165, 1.54) is 0 Å². The van der Waals surface area contributed by atoms with Crippen LogP contribution in [0.2, 0.25) is 0 Å². The van der Waals surface area contributed by atoms with Crippen LogP contribution >= 0.6 is 0 Å². The molecule has 5 nitrogen and oxygen atoms in total. The zero-order valence-electron chi connectivity index (χ0n) is 11.2. The number of hydrogen-bond acceptors (Lipinski definition) is 3. The number of rotatable bonds is 3. The van der Waals surface area contributed by atoms with Gasteiger partial charge in [-0.3, -0.25) is 4.68 Å². The number of hydrogen-bond donors (Lipinski definition) is 1. The molecule has 1 heterocycles. The molecule has 2 rings (SSSR count). The summed E-state index contributed by atoms with van der Waals surface area (Å²) in [6.07, 6.45) is 0. The van der Waals surface area contributed by atoms with Crippen molar-refractivity contribution in [1.29, 1.82) is 0 Å². The molecule has 0 aliphatic heterocycles. The fourth-order valence-electron chi connectivity index (χ4n) is 2.20. The van der Waals surface area contributed by atoms with Gasteiger partial charge in [0.15, 0.2) is 0 Å². The van der Waals surface area contributed by atoms with Gasteiger partial charge in [-0.05, 0) is 31.9 Å². The molecule has 2 N–H and O–H groups in total. The maximum atomic E-state index is 11.5. The highest BCUT2D eigenvalue weighted by Crippen LogP contribution is 2.19. The number of nitrogens with two attached hydrogens (primary N) is 1. The molecule has 19 heavy (non-hydrogen) atoms. The van der Waals surface area contributed by atoms with Crippen LogP contribution in [0.3, 0.4) is 0 Å². The molecule has 0 saturated heterocycles. The van der Waals surface area contributed by atoms with Crippen molar-refractivity contribution in [2.75, 3.05) is 0 Å². The molecule has 0 unspecified atom stereocenters. The summed E-state index contributed by atoms with van der Waals surface area (Å²) in [5, 5.41) is 9.48. The predicted molar refractivity (Wildman–Crippen MR) is 73.4 cm³/mol. The van der Waals surface area contributed by atoms with Crippen molar-refractivity contribution in [3.05, 3.63) is 46.8 Å². The smallest absolute Gasteiger partial charge is 0.241 e. The molecule has 0 atom stereocenters. The highest BCUT2D eigenvalue weighted by molar-refractivity contribution is 7.89. The van der Waals surface area contributed by atoms with E-state index in [2.05, 4.69) is 5.10 Å². The molecule has 1 aromatic heterocycles. The van der Waals surface area contributed by atoms with Gasteiger partial charge in [-0.25, -0.2) is 13.6 Å². The Labute approximate surface area is 113 Å². The maximum absolute atomic E-state index is 11.5. The minimum Gasteiger partial charge on any atom is -0.264 e. The van der Waals surface area contributed by atoms with Crippen molar-refractivity contribution in [3.63, 3.8) is 0 Å². The number of nitrogens with zero attached hydrogens (tertiary/aromatic N) is 2. The summed E-state index contributed by atoms with van der Waals surface area (Å²) in [7, 11) is -3.73. The molecule has 0 fully saturated rings. The lowest BCUT2D eigenvalue weighted by atomic mass is 10.1. The van der Waals surface area contributed by atoms with Crippen LogP contribution < -0.4 is 5.14 Å². The Balaban J connectivity index is 2.47. The number of aromatic nitrogens is 2. The molecule has 6 heteroatoms. The SMILES string of the molecule is Cc1ccccc1Cn1nc(C)c(S(N)(=O)=O)c1C. The zero-order valence-corrected chi connectivity index (χ0v) is 12.0. The van der Waals surface area contributed by atoms with Crippen LogP contribution in [0, 0.1) is 20.8 Å². The number of aryl methyl sites for hydroxylation is 2. The van der Waals surface area contributed by atoms with Crippen LogP contribution in [-0.2, 0) is 16.6 Å². The average Bonchev–Trinajstić information content (AvgIpc) is 2.56. The third-order valence-corrected chi connectivity index (χ3v) is 4.34. The second-order valence-electron chi connectivity index (χ2n) is 4.63. The highest BCUT2D eigenvalue weighted by Gasteiger charge is 2.21. The van der Waals surface area contributed by atoms with Gasteiger partial charge in [-0.1, -0.05) is 24.3 Å². The number of benzene rings is 1. The van der Waals surface area contributed by atoms with Crippen LogP contribution in [0.25, 0.3) is 0 Å². The molecule has 2 aromatic rings. The average molecular weight is 279 g/mol. The van der Waals surface area contributed by atoms with Gasteiger partial charge in [0.1, 0.15) is 4.90 Å². The van der Waals surface area contributed by atoms with E-state index in [-0.39, 0.29) is 4.90 Å². The molecule has 0 aliphatic rings. The summed E-state index contributed by atoms with van der Waals surface area (Å²) in [4.78, 5) is 0.126. The third kappa shape index (κ3) is 2.69. The van der Waals surface area contributed by atoms with Gasteiger partial charge in [0, 0.05) is 0 Å². The zero-order chi connectivity index (χ0) is 14.2. The minimum absolute atomic E-state index is 0.126. The molecule has 0 radical (unpaired) electrons. The third-order valence-electron chi connectivity index (χ3n) is 3.18. The van der Waals surface area contributed by atoms with Crippen molar-refractivity contribution in [1.82, 2.24) is 9.78 Å². The fraction of sp³-hybridized carbons (Fsp3) is 0.308. The Bertz CT molecular complexity index is 717. The molecule has 0 spiro atoms. The molecular weight excluding hydrogens is 262 g/mol. The van der Waals surface area contributed by atoms with E-state index >= 15 is 0 Å². The van der Waals surface area contributed by atoms with E-state index in [0.29, 0.717) is 17.9 Å². The van der Waals surface area contributed by atoms with Gasteiger partial charge >= 0.3 is 0 Å². The van der Waals surface area contributed by atoms with Crippen molar-refractivity contribution in [2.24, 2.45) is 5.14 Å². The fourth-order valence-corrected chi connectivity index (χ4v) is 3.16. The van der Waals surface area contributed by atoms with E-state index in [0.717, 1.165) is 11.1 Å². The Morgan fingerprint density at radius 2 is 1.84 bits per heavy atom. The molecule has 0 amide bonds. The summed E-state index contributed by atoms with van der Waals surface area (Å²) in [6.45, 7) is 5.93. The lowest BCUT2D eigenvalue weighted by molar-refractivity contribution is 0.595. The van der Waals surface area contributed by atoms with E-state index < -0.39 is 10.0 Å². The van der Waals surface area contributed by atoms with Crippen LogP contribution in [0.1, 0.15) is 22.5 Å². The Morgan fingerprint density at radius 3 is 2.37 bits per heavy atom. The topological polar surface area (TPSA) is 78.0 Å². The molecular formula is C13H17N3O2S. The summed E-state index contributed by atoms with van der Waals surface area (Å²) in [5.74, 6) is 0. The molecule has 1 aromatic carbocycles. The molecule has 0 saturated carbocycles. The predicted octanol–water partition coefficient (Wildman–Crippen LogP) is 1.50. The van der Waals surface area contributed by atoms with Gasteiger partial charge < -0.3 is 0 Å². The van der Waals surface area contributed by atoms with Crippen molar-refractivity contribution in [2.45, 2.75) is 32.2 Å². The first-order valence-corrected chi connectivity index (χ1v) is 7.46. The lowest BCUT2D eigenvalue weighted by Crippen LogP contribution is -2.14. The van der Waals surface area contributed by atoms with Gasteiger partial charge in [-0.2, -0.15) is 5.10 Å². The Kier molecular flexibility index (Phi) is 3.47. The highest BCUT2D eigenvalue weighted by atomic mass is 32.2. The van der Waals surface area contributed by atoms with Gasteiger partial charge in [0.2, 0.25) is 10.0 Å². The standard InChI is InChI=1S/C13H17N3O2S/c1-9-6-4-5-7-12(9)8-16-11(3)13(10(2)15-16)19(14,17)18/h4-7H,8H2,1-3H3,(H2,14,17,18). The number of sulfonamides is 1. The summed E-state index contributed by atoms with van der Waals surface area (Å²) < 4.78 is 24.7. The maximum Gasteiger partial charge on any atom is 0.241 e. The lowest BCUT2D eigenvalue weighted by Gasteiger charge is -2.07. The van der Waals surface area contributed by atoms with Crippen LogP contribution in [0.15, 0.2) is 29.2 Å². The van der Waals surface area contributed by atoms with Crippen LogP contribution in [0.4, 0.5) is 0 Å². The van der Waals surface area contributed by atoms with E-state index in [1.54, 1.807) is 18.5 Å². The summed E-state index contributed by atoms with van der Waals surface area (Å²) in [5.41, 5.74) is 3.26. The second kappa shape index (κ2) is 4.79. The molecule has 0 bridgehead atoms. The van der Waals surface area contributed by atoms with Crippen molar-refractivity contribution >= 4 is 10.0 Å². The van der Waals surface area contributed by atoms with E-state index in [4.69, 9.17) is 5.14 Å². The first kappa shape index (κ1) is 13.8. The van der Waals surface area contributed by atoms with E-state index in [9.17, 15) is 8.42 Å². The van der Waals surface area contributed by atoms with Crippen LogP contribution in [0.5, 0.6) is 0 Å².